The lowest BCUT2D eigenvalue weighted by Crippen LogP contribution is -2.38. The van der Waals surface area contributed by atoms with E-state index in [9.17, 15) is 15.0 Å². The van der Waals surface area contributed by atoms with E-state index in [0.29, 0.717) is 18.9 Å². The Labute approximate surface area is 194 Å². The van der Waals surface area contributed by atoms with Gasteiger partial charge in [0.25, 0.3) is 0 Å². The van der Waals surface area contributed by atoms with Gasteiger partial charge in [-0.2, -0.15) is 0 Å². The largest absolute Gasteiger partial charge is 0.504 e. The lowest BCUT2D eigenvalue weighted by molar-refractivity contribution is -0.132. The molecule has 0 radical (unpaired) electrons. The van der Waals surface area contributed by atoms with E-state index in [-0.39, 0.29) is 17.4 Å². The molecule has 0 aromatic heterocycles. The zero-order chi connectivity index (χ0) is 22.5. The molecular formula is C25H32N2O4S. The van der Waals surface area contributed by atoms with Crippen molar-refractivity contribution in [1.29, 1.82) is 0 Å². The van der Waals surface area contributed by atoms with Crippen LogP contribution in [0.5, 0.6) is 17.2 Å². The number of para-hydroxylation sites is 1. The number of thioether (sulfide) groups is 1. The Hall–Kier alpha value is -2.38. The molecule has 1 amide bonds. The number of methoxy groups -OCH3 is 1. The van der Waals surface area contributed by atoms with E-state index in [1.807, 2.05) is 23.1 Å². The molecule has 2 aliphatic rings. The average molecular weight is 457 g/mol. The fraction of sp³-hybridized carbons (Fsp3) is 0.480. The van der Waals surface area contributed by atoms with Crippen molar-refractivity contribution in [3.63, 3.8) is 0 Å². The van der Waals surface area contributed by atoms with Crippen LogP contribution < -0.4 is 4.74 Å². The first-order chi connectivity index (χ1) is 15.5. The number of phenols is 2. The van der Waals surface area contributed by atoms with E-state index in [1.165, 1.54) is 11.0 Å². The lowest BCUT2D eigenvalue weighted by atomic mass is 9.89. The van der Waals surface area contributed by atoms with E-state index < -0.39 is 0 Å². The first-order valence-electron chi connectivity index (χ1n) is 11.3. The number of likely N-dealkylation sites (tertiary alicyclic amines) is 1. The quantitative estimate of drug-likeness (QED) is 0.643. The maximum atomic E-state index is 12.9. The van der Waals surface area contributed by atoms with Crippen LogP contribution in [0.4, 0.5) is 0 Å². The number of piperidine rings is 1. The molecule has 0 saturated carbocycles. The Kier molecular flexibility index (Phi) is 7.48. The molecule has 2 N–H and O–H groups in total. The van der Waals surface area contributed by atoms with Gasteiger partial charge < -0.3 is 24.7 Å². The molecule has 32 heavy (non-hydrogen) atoms. The zero-order valence-electron chi connectivity index (χ0n) is 18.6. The number of carbonyl (C=O) groups excluding carboxylic acids is 1. The maximum absolute atomic E-state index is 12.9. The van der Waals surface area contributed by atoms with Gasteiger partial charge in [-0.15, -0.1) is 11.8 Å². The number of rotatable bonds is 6. The number of nitrogens with zero attached hydrogens (tertiary/aromatic N) is 2. The number of hydrogen-bond donors (Lipinski definition) is 2. The van der Waals surface area contributed by atoms with E-state index in [0.717, 1.165) is 68.1 Å². The summed E-state index contributed by atoms with van der Waals surface area (Å²) in [5.41, 5.74) is 1.98. The summed E-state index contributed by atoms with van der Waals surface area (Å²) in [4.78, 5) is 18.5. The molecule has 1 fully saturated rings. The molecular weight excluding hydrogens is 424 g/mol. The van der Waals surface area contributed by atoms with Crippen molar-refractivity contribution in [2.45, 2.75) is 37.1 Å². The van der Waals surface area contributed by atoms with Crippen LogP contribution in [0.3, 0.4) is 0 Å². The van der Waals surface area contributed by atoms with E-state index in [1.54, 1.807) is 24.9 Å². The van der Waals surface area contributed by atoms with Gasteiger partial charge in [-0.1, -0.05) is 12.1 Å². The van der Waals surface area contributed by atoms with Gasteiger partial charge in [-0.05, 0) is 73.7 Å². The first-order valence-corrected chi connectivity index (χ1v) is 12.3. The summed E-state index contributed by atoms with van der Waals surface area (Å²) in [5, 5.41) is 19.7. The van der Waals surface area contributed by atoms with Gasteiger partial charge >= 0.3 is 0 Å². The molecule has 2 aliphatic heterocycles. The van der Waals surface area contributed by atoms with Crippen LogP contribution in [-0.4, -0.2) is 65.0 Å². The molecule has 0 unspecified atom stereocenters. The summed E-state index contributed by atoms with van der Waals surface area (Å²) in [5.74, 6) is 2.41. The van der Waals surface area contributed by atoms with E-state index in [4.69, 9.17) is 4.74 Å². The summed E-state index contributed by atoms with van der Waals surface area (Å²) < 4.78 is 5.36. The highest BCUT2D eigenvalue weighted by molar-refractivity contribution is 7.99. The number of aromatic hydroxyl groups is 2. The van der Waals surface area contributed by atoms with Crippen molar-refractivity contribution >= 4 is 17.7 Å². The second-order valence-electron chi connectivity index (χ2n) is 8.66. The van der Waals surface area contributed by atoms with Crippen LogP contribution in [0.1, 0.15) is 30.4 Å². The molecule has 0 bridgehead atoms. The van der Waals surface area contributed by atoms with Gasteiger partial charge in [0.1, 0.15) is 5.75 Å². The number of fused-ring (bicyclic) bond motifs is 1. The van der Waals surface area contributed by atoms with Crippen molar-refractivity contribution in [3.05, 3.63) is 47.5 Å². The molecule has 2 aromatic carbocycles. The monoisotopic (exact) mass is 456 g/mol. The zero-order valence-corrected chi connectivity index (χ0v) is 19.4. The molecule has 172 valence electrons. The van der Waals surface area contributed by atoms with Gasteiger partial charge in [0.2, 0.25) is 5.91 Å². The van der Waals surface area contributed by atoms with Crippen LogP contribution in [0.2, 0.25) is 0 Å². The third kappa shape index (κ3) is 5.51. The van der Waals surface area contributed by atoms with E-state index >= 15 is 0 Å². The summed E-state index contributed by atoms with van der Waals surface area (Å²) in [6.07, 6.45) is 3.40. The third-order valence-electron chi connectivity index (χ3n) is 6.56. The SMILES string of the molecule is COc1ccc2c(c1)CN(C(=O)CCN1CCC(Cc3cccc(O)c3O)CC1)CCS2. The predicted molar refractivity (Wildman–Crippen MR) is 126 cm³/mol. The summed E-state index contributed by atoms with van der Waals surface area (Å²) in [6, 6.07) is 11.3. The van der Waals surface area contributed by atoms with Crippen LogP contribution in [-0.2, 0) is 17.8 Å². The number of amides is 1. The minimum atomic E-state index is -0.0496. The Morgan fingerprint density at radius 2 is 1.97 bits per heavy atom. The molecule has 2 aromatic rings. The number of carbonyl (C=O) groups is 1. The first kappa shape index (κ1) is 22.8. The fourth-order valence-electron chi connectivity index (χ4n) is 4.59. The highest BCUT2D eigenvalue weighted by Crippen LogP contribution is 2.33. The number of ether oxygens (including phenoxy) is 1. The molecule has 6 nitrogen and oxygen atoms in total. The highest BCUT2D eigenvalue weighted by Gasteiger charge is 2.24. The molecule has 7 heteroatoms. The molecule has 0 atom stereocenters. The smallest absolute Gasteiger partial charge is 0.224 e. The van der Waals surface area contributed by atoms with Gasteiger partial charge in [0, 0.05) is 36.7 Å². The van der Waals surface area contributed by atoms with E-state index in [2.05, 4.69) is 11.0 Å². The minimum absolute atomic E-state index is 0.00957. The third-order valence-corrected chi connectivity index (χ3v) is 7.65. The highest BCUT2D eigenvalue weighted by atomic mass is 32.2. The predicted octanol–water partition coefficient (Wildman–Crippen LogP) is 3.89. The van der Waals surface area contributed by atoms with Crippen LogP contribution in [0.15, 0.2) is 41.3 Å². The van der Waals surface area contributed by atoms with Crippen molar-refractivity contribution < 1.29 is 19.7 Å². The summed E-state index contributed by atoms with van der Waals surface area (Å²) in [7, 11) is 1.67. The van der Waals surface area contributed by atoms with Crippen molar-refractivity contribution in [2.24, 2.45) is 5.92 Å². The number of benzene rings is 2. The molecule has 4 rings (SSSR count). The summed E-state index contributed by atoms with van der Waals surface area (Å²) in [6.45, 7) is 4.14. The van der Waals surface area contributed by atoms with Gasteiger partial charge in [0.15, 0.2) is 11.5 Å². The second-order valence-corrected chi connectivity index (χ2v) is 9.80. The maximum Gasteiger partial charge on any atom is 0.224 e. The van der Waals surface area contributed by atoms with Crippen molar-refractivity contribution in [3.8, 4) is 17.2 Å². The molecule has 0 spiro atoms. The molecule has 2 heterocycles. The standard InChI is InChI=1S/C25H32N2O4S/c1-31-21-5-6-23-20(16-21)17-27(13-14-32-23)24(29)9-12-26-10-7-18(8-11-26)15-19-3-2-4-22(28)25(19)30/h2-6,16,18,28,30H,7-15,17H2,1H3. The Morgan fingerprint density at radius 1 is 1.16 bits per heavy atom. The van der Waals surface area contributed by atoms with Crippen molar-refractivity contribution in [1.82, 2.24) is 9.80 Å². The van der Waals surface area contributed by atoms with Gasteiger partial charge in [0.05, 0.1) is 7.11 Å². The van der Waals surface area contributed by atoms with Crippen LogP contribution in [0, 0.1) is 5.92 Å². The van der Waals surface area contributed by atoms with Crippen molar-refractivity contribution in [2.75, 3.05) is 39.0 Å². The van der Waals surface area contributed by atoms with Gasteiger partial charge in [-0.25, -0.2) is 0 Å². The average Bonchev–Trinajstić information content (AvgIpc) is 3.03. The van der Waals surface area contributed by atoms with Gasteiger partial charge in [-0.3, -0.25) is 4.79 Å². The molecule has 1 saturated heterocycles. The summed E-state index contributed by atoms with van der Waals surface area (Å²) >= 11 is 1.81. The Balaban J connectivity index is 1.24. The minimum Gasteiger partial charge on any atom is -0.504 e. The Morgan fingerprint density at radius 3 is 2.75 bits per heavy atom. The number of phenolic OH excluding ortho intramolecular Hbond substituents is 2. The lowest BCUT2D eigenvalue weighted by Gasteiger charge is -2.32. The topological polar surface area (TPSA) is 73.2 Å². The Bertz CT molecular complexity index is 944. The fourth-order valence-corrected chi connectivity index (χ4v) is 5.59. The molecule has 0 aliphatic carbocycles. The number of hydrogen-bond acceptors (Lipinski definition) is 6. The normalized spacial score (nSPS) is 17.6. The second kappa shape index (κ2) is 10.5. The van der Waals surface area contributed by atoms with Crippen LogP contribution in [0.25, 0.3) is 0 Å². The van der Waals surface area contributed by atoms with Crippen LogP contribution >= 0.6 is 11.8 Å².